The number of benzene rings is 1. The fraction of sp³-hybridized carbons (Fsp3) is 0.400. The van der Waals surface area contributed by atoms with Crippen LogP contribution in [0.2, 0.25) is 0 Å². The van der Waals surface area contributed by atoms with Crippen LogP contribution in [-0.4, -0.2) is 25.8 Å². The molecule has 1 aliphatic rings. The summed E-state index contributed by atoms with van der Waals surface area (Å²) in [6.45, 7) is 0. The zero-order chi connectivity index (χ0) is 11.9. The molecule has 0 saturated heterocycles. The number of hydrogen-bond donors (Lipinski definition) is 1. The monoisotopic (exact) mass is 244 g/mol. The Labute approximate surface area is 93.9 Å². The number of nitrogen functional groups attached to an aromatic ring is 1. The molecule has 0 amide bonds. The maximum absolute atomic E-state index is 13.1. The lowest BCUT2D eigenvalue weighted by molar-refractivity contribution is 0.463. The van der Waals surface area contributed by atoms with Crippen LogP contribution in [0.25, 0.3) is 0 Å². The van der Waals surface area contributed by atoms with Crippen LogP contribution in [0.3, 0.4) is 0 Å². The van der Waals surface area contributed by atoms with E-state index in [1.165, 1.54) is 17.4 Å². The van der Waals surface area contributed by atoms with Gasteiger partial charge in [-0.05, 0) is 31.0 Å². The lowest BCUT2D eigenvalue weighted by atomic mass is 10.3. The van der Waals surface area contributed by atoms with Gasteiger partial charge in [-0.25, -0.2) is 12.8 Å². The van der Waals surface area contributed by atoms with E-state index in [2.05, 4.69) is 0 Å². The Morgan fingerprint density at radius 3 is 2.50 bits per heavy atom. The molecular weight excluding hydrogens is 231 g/mol. The molecular formula is C10H13FN2O2S. The summed E-state index contributed by atoms with van der Waals surface area (Å²) in [5, 5.41) is 0. The number of nitrogens with zero attached hydrogens (tertiary/aromatic N) is 1. The highest BCUT2D eigenvalue weighted by Gasteiger charge is 2.35. The Kier molecular flexibility index (Phi) is 2.63. The van der Waals surface area contributed by atoms with Gasteiger partial charge in [0.15, 0.2) is 0 Å². The van der Waals surface area contributed by atoms with E-state index >= 15 is 0 Å². The van der Waals surface area contributed by atoms with Crippen molar-refractivity contribution in [2.45, 2.75) is 23.8 Å². The predicted octanol–water partition coefficient (Wildman–Crippen LogP) is 1.19. The molecule has 0 spiro atoms. The lowest BCUT2D eigenvalue weighted by Crippen LogP contribution is -2.29. The number of halogens is 1. The van der Waals surface area contributed by atoms with E-state index < -0.39 is 15.8 Å². The van der Waals surface area contributed by atoms with Gasteiger partial charge in [-0.3, -0.25) is 0 Å². The molecule has 1 aromatic rings. The van der Waals surface area contributed by atoms with Gasteiger partial charge in [0.2, 0.25) is 10.0 Å². The largest absolute Gasteiger partial charge is 0.399 e. The standard InChI is InChI=1S/C10H13FN2O2S/c1-13(9-2-3-9)16(14,15)10-5-7(11)4-8(12)6-10/h4-6,9H,2-3,12H2,1H3. The molecule has 1 aliphatic carbocycles. The van der Waals surface area contributed by atoms with Gasteiger partial charge in [0, 0.05) is 18.8 Å². The van der Waals surface area contributed by atoms with Crippen LogP contribution in [0.15, 0.2) is 23.1 Å². The van der Waals surface area contributed by atoms with Gasteiger partial charge in [-0.2, -0.15) is 4.31 Å². The molecule has 0 atom stereocenters. The van der Waals surface area contributed by atoms with Crippen molar-refractivity contribution in [3.8, 4) is 0 Å². The summed E-state index contributed by atoms with van der Waals surface area (Å²) in [6.07, 6.45) is 1.72. The fourth-order valence-corrected chi connectivity index (χ4v) is 3.02. The molecule has 2 rings (SSSR count). The maximum Gasteiger partial charge on any atom is 0.243 e. The van der Waals surface area contributed by atoms with E-state index in [1.807, 2.05) is 0 Å². The quantitative estimate of drug-likeness (QED) is 0.812. The van der Waals surface area contributed by atoms with Crippen LogP contribution in [0.4, 0.5) is 10.1 Å². The molecule has 0 aliphatic heterocycles. The molecule has 0 unspecified atom stereocenters. The average molecular weight is 244 g/mol. The summed E-state index contributed by atoms with van der Waals surface area (Å²) in [7, 11) is -2.10. The van der Waals surface area contributed by atoms with Crippen LogP contribution in [-0.2, 0) is 10.0 Å². The van der Waals surface area contributed by atoms with Crippen molar-refractivity contribution in [3.63, 3.8) is 0 Å². The van der Waals surface area contributed by atoms with Crippen LogP contribution >= 0.6 is 0 Å². The van der Waals surface area contributed by atoms with Crippen LogP contribution in [0.5, 0.6) is 0 Å². The third kappa shape index (κ3) is 2.03. The lowest BCUT2D eigenvalue weighted by Gasteiger charge is -2.16. The summed E-state index contributed by atoms with van der Waals surface area (Å²) < 4.78 is 38.4. The first-order valence-corrected chi connectivity index (χ1v) is 6.39. The van der Waals surface area contributed by atoms with E-state index in [0.717, 1.165) is 25.0 Å². The second-order valence-corrected chi connectivity index (χ2v) is 5.97. The van der Waals surface area contributed by atoms with Crippen LogP contribution in [0, 0.1) is 5.82 Å². The topological polar surface area (TPSA) is 63.4 Å². The van der Waals surface area contributed by atoms with E-state index in [1.54, 1.807) is 0 Å². The number of hydrogen-bond acceptors (Lipinski definition) is 3. The normalized spacial score (nSPS) is 16.7. The highest BCUT2D eigenvalue weighted by atomic mass is 32.2. The molecule has 1 fully saturated rings. The molecule has 6 heteroatoms. The van der Waals surface area contributed by atoms with Crippen molar-refractivity contribution in [2.24, 2.45) is 0 Å². The van der Waals surface area contributed by atoms with Gasteiger partial charge in [-0.1, -0.05) is 0 Å². The van der Waals surface area contributed by atoms with Crippen molar-refractivity contribution in [1.29, 1.82) is 0 Å². The molecule has 1 saturated carbocycles. The van der Waals surface area contributed by atoms with E-state index in [9.17, 15) is 12.8 Å². The second kappa shape index (κ2) is 3.71. The first kappa shape index (κ1) is 11.3. The highest BCUT2D eigenvalue weighted by molar-refractivity contribution is 7.89. The Balaban J connectivity index is 2.42. The number of nitrogens with two attached hydrogens (primary N) is 1. The molecule has 1 aromatic carbocycles. The van der Waals surface area contributed by atoms with Gasteiger partial charge in [-0.15, -0.1) is 0 Å². The molecule has 4 nitrogen and oxygen atoms in total. The minimum Gasteiger partial charge on any atom is -0.399 e. The van der Waals surface area contributed by atoms with Gasteiger partial charge in [0.1, 0.15) is 5.82 Å². The highest BCUT2D eigenvalue weighted by Crippen LogP contribution is 2.31. The molecule has 0 bridgehead atoms. The van der Waals surface area contributed by atoms with Crippen molar-refractivity contribution in [1.82, 2.24) is 4.31 Å². The average Bonchev–Trinajstić information content (AvgIpc) is 2.98. The third-order valence-electron chi connectivity index (χ3n) is 2.63. The Morgan fingerprint density at radius 2 is 2.00 bits per heavy atom. The summed E-state index contributed by atoms with van der Waals surface area (Å²) >= 11 is 0. The number of rotatable bonds is 3. The minimum atomic E-state index is -3.61. The van der Waals surface area contributed by atoms with Crippen LogP contribution < -0.4 is 5.73 Å². The molecule has 88 valence electrons. The summed E-state index contributed by atoms with van der Waals surface area (Å²) in [4.78, 5) is -0.0839. The molecule has 0 heterocycles. The van der Waals surface area contributed by atoms with Gasteiger partial charge in [0.05, 0.1) is 4.90 Å². The smallest absolute Gasteiger partial charge is 0.243 e. The Hall–Kier alpha value is -1.14. The first-order chi connectivity index (χ1) is 7.41. The molecule has 0 aromatic heterocycles. The minimum absolute atomic E-state index is 0.0505. The van der Waals surface area contributed by atoms with Gasteiger partial charge in [0.25, 0.3) is 0 Å². The van der Waals surface area contributed by atoms with E-state index in [-0.39, 0.29) is 16.6 Å². The van der Waals surface area contributed by atoms with Gasteiger partial charge >= 0.3 is 0 Å². The molecule has 16 heavy (non-hydrogen) atoms. The maximum atomic E-state index is 13.1. The number of sulfonamides is 1. The fourth-order valence-electron chi connectivity index (χ4n) is 1.53. The second-order valence-electron chi connectivity index (χ2n) is 3.97. The van der Waals surface area contributed by atoms with E-state index in [0.29, 0.717) is 0 Å². The summed E-state index contributed by atoms with van der Waals surface area (Å²) in [5.41, 5.74) is 5.54. The first-order valence-electron chi connectivity index (χ1n) is 4.95. The summed E-state index contributed by atoms with van der Waals surface area (Å²) in [6, 6.07) is 3.41. The Morgan fingerprint density at radius 1 is 1.38 bits per heavy atom. The van der Waals surface area contributed by atoms with E-state index in [4.69, 9.17) is 5.73 Å². The van der Waals surface area contributed by atoms with Crippen molar-refractivity contribution in [3.05, 3.63) is 24.0 Å². The van der Waals surface area contributed by atoms with Crippen molar-refractivity contribution in [2.75, 3.05) is 12.8 Å². The van der Waals surface area contributed by atoms with Crippen molar-refractivity contribution >= 4 is 15.7 Å². The third-order valence-corrected chi connectivity index (χ3v) is 4.52. The Bertz CT molecular complexity index is 491. The van der Waals surface area contributed by atoms with Crippen LogP contribution in [0.1, 0.15) is 12.8 Å². The zero-order valence-electron chi connectivity index (χ0n) is 8.85. The zero-order valence-corrected chi connectivity index (χ0v) is 9.67. The molecule has 0 radical (unpaired) electrons. The summed E-state index contributed by atoms with van der Waals surface area (Å²) in [5.74, 6) is -0.636. The van der Waals surface area contributed by atoms with Gasteiger partial charge < -0.3 is 5.73 Å². The molecule has 2 N–H and O–H groups in total. The predicted molar refractivity (Wildman–Crippen MR) is 58.8 cm³/mol. The van der Waals surface area contributed by atoms with Crippen molar-refractivity contribution < 1.29 is 12.8 Å². The SMILES string of the molecule is CN(C1CC1)S(=O)(=O)c1cc(N)cc(F)c1. The number of anilines is 1.